The van der Waals surface area contributed by atoms with Crippen molar-refractivity contribution in [3.05, 3.63) is 42.2 Å². The van der Waals surface area contributed by atoms with Gasteiger partial charge in [-0.3, -0.25) is 4.72 Å². The highest BCUT2D eigenvalue weighted by molar-refractivity contribution is 7.92. The molecule has 1 aliphatic heterocycles. The molecule has 0 atom stereocenters. The smallest absolute Gasteiger partial charge is 0.264 e. The summed E-state index contributed by atoms with van der Waals surface area (Å²) in [6.45, 7) is 9.22. The van der Waals surface area contributed by atoms with E-state index in [2.05, 4.69) is 35.7 Å². The summed E-state index contributed by atoms with van der Waals surface area (Å²) in [4.78, 5) is 1.75. The number of benzene rings is 2. The topological polar surface area (TPSA) is 79.9 Å². The van der Waals surface area contributed by atoms with Gasteiger partial charge in [0.05, 0.1) is 25.0 Å². The number of methoxy groups -OCH3 is 1. The summed E-state index contributed by atoms with van der Waals surface area (Å²) >= 11 is 0. The van der Waals surface area contributed by atoms with E-state index in [1.807, 2.05) is 6.07 Å². The quantitative estimate of drug-likeness (QED) is 0.692. The summed E-state index contributed by atoms with van der Waals surface area (Å²) in [5.41, 5.74) is 1.24. The molecule has 2 N–H and O–H groups in total. The first-order chi connectivity index (χ1) is 14.1. The third-order valence-electron chi connectivity index (χ3n) is 4.64. The normalized spacial score (nSPS) is 14.1. The van der Waals surface area contributed by atoms with E-state index >= 15 is 0 Å². The number of anilines is 2. The highest BCUT2D eigenvalue weighted by atomic mass is 32.2. The Morgan fingerprint density at radius 2 is 1.97 bits per heavy atom. The third-order valence-corrected chi connectivity index (χ3v) is 6.05. The predicted molar refractivity (Wildman–Crippen MR) is 116 cm³/mol. The lowest BCUT2D eigenvalue weighted by molar-refractivity contribution is 0.306. The summed E-state index contributed by atoms with van der Waals surface area (Å²) in [5, 5.41) is 3.46. The first kappa shape index (κ1) is 22.2. The van der Waals surface area contributed by atoms with Crippen LogP contribution in [-0.4, -0.2) is 47.3 Å². The molecule has 0 fully saturated rings. The van der Waals surface area contributed by atoms with Gasteiger partial charge in [-0.05, 0) is 45.0 Å². The van der Waals surface area contributed by atoms with Gasteiger partial charge < -0.3 is 19.7 Å². The number of sulfonamides is 1. The maximum absolute atomic E-state index is 14.2. The summed E-state index contributed by atoms with van der Waals surface area (Å²) in [5.74, 6) is -0.0457. The van der Waals surface area contributed by atoms with Gasteiger partial charge in [0, 0.05) is 30.8 Å². The van der Waals surface area contributed by atoms with Gasteiger partial charge in [-0.1, -0.05) is 0 Å². The molecule has 0 amide bonds. The molecule has 0 bridgehead atoms. The lowest BCUT2D eigenvalue weighted by atomic mass is 10.1. The number of fused-ring (bicyclic) bond motifs is 1. The maximum atomic E-state index is 14.2. The van der Waals surface area contributed by atoms with Crippen molar-refractivity contribution in [1.29, 1.82) is 0 Å². The minimum Gasteiger partial charge on any atom is -0.497 e. The summed E-state index contributed by atoms with van der Waals surface area (Å²) in [7, 11) is -2.71. The van der Waals surface area contributed by atoms with Crippen molar-refractivity contribution in [1.82, 2.24) is 5.32 Å². The van der Waals surface area contributed by atoms with Crippen LogP contribution in [0, 0.1) is 5.82 Å². The third kappa shape index (κ3) is 5.34. The molecule has 1 aliphatic rings. The van der Waals surface area contributed by atoms with E-state index in [1.165, 1.54) is 19.2 Å². The molecule has 0 radical (unpaired) electrons. The van der Waals surface area contributed by atoms with Crippen molar-refractivity contribution in [2.24, 2.45) is 0 Å². The van der Waals surface area contributed by atoms with E-state index in [0.29, 0.717) is 18.0 Å². The molecule has 9 heteroatoms. The van der Waals surface area contributed by atoms with Crippen LogP contribution in [0.4, 0.5) is 15.8 Å². The molecule has 1 heterocycles. The van der Waals surface area contributed by atoms with Crippen molar-refractivity contribution in [2.75, 3.05) is 43.0 Å². The standard InChI is InChI=1S/C21H28FN3O4S/c1-21(2,3)23-9-10-25-11-12-29-19-13-15(5-7-18(19)25)24-30(26,27)20-8-6-16(28-4)14-17(20)22/h5-8,13-14,23-24H,9-12H2,1-4H3. The van der Waals surface area contributed by atoms with Crippen molar-refractivity contribution < 1.29 is 22.3 Å². The van der Waals surface area contributed by atoms with E-state index in [0.717, 1.165) is 31.4 Å². The second kappa shape index (κ2) is 8.69. The van der Waals surface area contributed by atoms with Crippen LogP contribution in [0.3, 0.4) is 0 Å². The van der Waals surface area contributed by atoms with E-state index in [9.17, 15) is 12.8 Å². The summed E-state index contributed by atoms with van der Waals surface area (Å²) < 4.78 is 52.6. The largest absolute Gasteiger partial charge is 0.497 e. The first-order valence-electron chi connectivity index (χ1n) is 9.72. The van der Waals surface area contributed by atoms with Gasteiger partial charge in [-0.15, -0.1) is 0 Å². The van der Waals surface area contributed by atoms with Crippen LogP contribution < -0.4 is 24.4 Å². The Bertz CT molecular complexity index is 1010. The van der Waals surface area contributed by atoms with Gasteiger partial charge in [0.2, 0.25) is 0 Å². The summed E-state index contributed by atoms with van der Waals surface area (Å²) in [6.07, 6.45) is 0. The molecule has 30 heavy (non-hydrogen) atoms. The second-order valence-corrected chi connectivity index (χ2v) is 9.75. The average molecular weight is 438 g/mol. The van der Waals surface area contributed by atoms with E-state index in [4.69, 9.17) is 9.47 Å². The number of nitrogens with zero attached hydrogens (tertiary/aromatic N) is 1. The van der Waals surface area contributed by atoms with Crippen molar-refractivity contribution >= 4 is 21.4 Å². The Labute approximate surface area is 177 Å². The zero-order chi connectivity index (χ0) is 21.9. The Balaban J connectivity index is 1.76. The fraction of sp³-hybridized carbons (Fsp3) is 0.429. The van der Waals surface area contributed by atoms with Gasteiger partial charge in [-0.25, -0.2) is 12.8 Å². The molecule has 0 saturated heterocycles. The first-order valence-corrected chi connectivity index (χ1v) is 11.2. The SMILES string of the molecule is COc1ccc(S(=O)(=O)Nc2ccc3c(c2)OCCN3CCNC(C)(C)C)c(F)c1. The number of hydrogen-bond donors (Lipinski definition) is 2. The molecule has 164 valence electrons. The van der Waals surface area contributed by atoms with Crippen LogP contribution >= 0.6 is 0 Å². The number of nitrogens with one attached hydrogen (secondary N) is 2. The minimum absolute atomic E-state index is 0.0357. The maximum Gasteiger partial charge on any atom is 0.264 e. The van der Waals surface area contributed by atoms with Crippen LogP contribution in [0.15, 0.2) is 41.3 Å². The van der Waals surface area contributed by atoms with Gasteiger partial charge in [0.25, 0.3) is 10.0 Å². The second-order valence-electron chi connectivity index (χ2n) is 8.10. The highest BCUT2D eigenvalue weighted by Gasteiger charge is 2.23. The Morgan fingerprint density at radius 1 is 1.20 bits per heavy atom. The van der Waals surface area contributed by atoms with Crippen LogP contribution in [0.25, 0.3) is 0 Å². The molecule has 0 unspecified atom stereocenters. The number of ether oxygens (including phenoxy) is 2. The van der Waals surface area contributed by atoms with E-state index in [1.54, 1.807) is 12.1 Å². The van der Waals surface area contributed by atoms with Crippen LogP contribution in [0.2, 0.25) is 0 Å². The zero-order valence-electron chi connectivity index (χ0n) is 17.7. The van der Waals surface area contributed by atoms with Crippen molar-refractivity contribution in [2.45, 2.75) is 31.2 Å². The minimum atomic E-state index is -4.10. The lowest BCUT2D eigenvalue weighted by Crippen LogP contribution is -2.43. The van der Waals surface area contributed by atoms with Crippen molar-refractivity contribution in [3.63, 3.8) is 0 Å². The van der Waals surface area contributed by atoms with Gasteiger partial charge in [-0.2, -0.15) is 0 Å². The van der Waals surface area contributed by atoms with Gasteiger partial charge >= 0.3 is 0 Å². The highest BCUT2D eigenvalue weighted by Crippen LogP contribution is 2.34. The Hall–Kier alpha value is -2.52. The molecule has 0 spiro atoms. The molecular weight excluding hydrogens is 409 g/mol. The Kier molecular flexibility index (Phi) is 6.42. The van der Waals surface area contributed by atoms with E-state index < -0.39 is 20.7 Å². The molecular formula is C21H28FN3O4S. The Morgan fingerprint density at radius 3 is 2.63 bits per heavy atom. The number of halogens is 1. The number of rotatable bonds is 7. The van der Waals surface area contributed by atoms with Crippen LogP contribution in [0.1, 0.15) is 20.8 Å². The summed E-state index contributed by atoms with van der Waals surface area (Å²) in [6, 6.07) is 8.70. The molecule has 2 aromatic carbocycles. The zero-order valence-corrected chi connectivity index (χ0v) is 18.5. The average Bonchev–Trinajstić information content (AvgIpc) is 2.66. The van der Waals surface area contributed by atoms with Gasteiger partial charge in [0.1, 0.15) is 28.8 Å². The number of hydrogen-bond acceptors (Lipinski definition) is 6. The van der Waals surface area contributed by atoms with Gasteiger partial charge in [0.15, 0.2) is 0 Å². The van der Waals surface area contributed by atoms with Crippen molar-refractivity contribution in [3.8, 4) is 11.5 Å². The monoisotopic (exact) mass is 437 g/mol. The van der Waals surface area contributed by atoms with E-state index in [-0.39, 0.29) is 11.3 Å². The molecule has 3 rings (SSSR count). The fourth-order valence-electron chi connectivity index (χ4n) is 3.18. The van der Waals surface area contributed by atoms with Crippen LogP contribution in [0.5, 0.6) is 11.5 Å². The molecule has 0 saturated carbocycles. The molecule has 0 aromatic heterocycles. The molecule has 2 aromatic rings. The van der Waals surface area contributed by atoms with Crippen LogP contribution in [-0.2, 0) is 10.0 Å². The molecule has 0 aliphatic carbocycles. The lowest BCUT2D eigenvalue weighted by Gasteiger charge is -2.32. The predicted octanol–water partition coefficient (Wildman–Crippen LogP) is 3.22. The molecule has 7 nitrogen and oxygen atoms in total. The fourth-order valence-corrected chi connectivity index (χ4v) is 4.29.